The zero-order valence-electron chi connectivity index (χ0n) is 18.2. The molecule has 1 aliphatic rings. The maximum Gasteiger partial charge on any atom is 0.131 e. The number of aromatic nitrogens is 1. The maximum absolute atomic E-state index is 4.54. The van der Waals surface area contributed by atoms with Crippen LogP contribution in [-0.2, 0) is 0 Å². The predicted octanol–water partition coefficient (Wildman–Crippen LogP) is 6.07. The number of hydrogen-bond donors (Lipinski definition) is 2. The van der Waals surface area contributed by atoms with E-state index in [1.165, 1.54) is 0 Å². The highest BCUT2D eigenvalue weighted by Crippen LogP contribution is 2.32. The largest absolute Gasteiger partial charge is 0.359 e. The fourth-order valence-electron chi connectivity index (χ4n) is 3.32. The highest BCUT2D eigenvalue weighted by molar-refractivity contribution is 8.11. The fraction of sp³-hybridized carbons (Fsp3) is 0.375. The average Bonchev–Trinajstić information content (AvgIpc) is 2.74. The molecule has 0 spiro atoms. The second kappa shape index (κ2) is 11.1. The Balaban J connectivity index is 0.00000145. The lowest BCUT2D eigenvalue weighted by Crippen LogP contribution is -2.41. The van der Waals surface area contributed by atoms with Gasteiger partial charge in [-0.05, 0) is 54.8 Å². The van der Waals surface area contributed by atoms with Gasteiger partial charge < -0.3 is 15.5 Å². The lowest BCUT2D eigenvalue weighted by atomic mass is 10.1. The van der Waals surface area contributed by atoms with Crippen LogP contribution in [0.4, 0.5) is 5.82 Å². The molecule has 1 aromatic heterocycles. The third-order valence-corrected chi connectivity index (χ3v) is 5.73. The van der Waals surface area contributed by atoms with Gasteiger partial charge in [0, 0.05) is 35.6 Å². The Hall–Kier alpha value is -2.24. The first kappa shape index (κ1) is 23.0. The smallest absolute Gasteiger partial charge is 0.131 e. The van der Waals surface area contributed by atoms with E-state index in [1.807, 2.05) is 34.0 Å². The van der Waals surface area contributed by atoms with Gasteiger partial charge in [-0.15, -0.1) is 0 Å². The predicted molar refractivity (Wildman–Crippen MR) is 131 cm³/mol. The molecule has 2 heterocycles. The van der Waals surface area contributed by atoms with Crippen molar-refractivity contribution in [3.8, 4) is 0 Å². The minimum Gasteiger partial charge on any atom is -0.359 e. The molecule has 2 N–H and O–H groups in total. The van der Waals surface area contributed by atoms with Crippen molar-refractivity contribution in [2.75, 3.05) is 25.5 Å². The van der Waals surface area contributed by atoms with Crippen molar-refractivity contribution in [1.29, 1.82) is 0 Å². The molecule has 0 unspecified atom stereocenters. The minimum atomic E-state index is 0.608. The van der Waals surface area contributed by atoms with Crippen molar-refractivity contribution in [2.45, 2.75) is 39.7 Å². The summed E-state index contributed by atoms with van der Waals surface area (Å²) in [5.74, 6) is 1.73. The van der Waals surface area contributed by atoms with Gasteiger partial charge in [-0.25, -0.2) is 4.98 Å². The van der Waals surface area contributed by atoms with E-state index in [4.69, 9.17) is 0 Å². The van der Waals surface area contributed by atoms with E-state index >= 15 is 0 Å². The lowest BCUT2D eigenvalue weighted by molar-refractivity contribution is 0.251. The van der Waals surface area contributed by atoms with Crippen molar-refractivity contribution in [1.82, 2.24) is 15.2 Å². The molecule has 5 heteroatoms. The highest BCUT2D eigenvalue weighted by atomic mass is 32.2. The standard InChI is InChI=1S/C22H28N4S.C2H6/c1-15(2)27-16(3)18-6-7-19-14-24-22(13-20(19)12-18)25-17(4)26-10-8-21(23-5)9-11-26;1-2/h6-7,12-14,21,23H,1,3-4,8-11H2,2,5H3,(H,24,25);1-2H3. The van der Waals surface area contributed by atoms with Gasteiger partial charge >= 0.3 is 0 Å². The first-order valence-corrected chi connectivity index (χ1v) is 11.1. The van der Waals surface area contributed by atoms with Crippen LogP contribution in [0.3, 0.4) is 0 Å². The zero-order chi connectivity index (χ0) is 21.4. The van der Waals surface area contributed by atoms with Crippen LogP contribution in [-0.4, -0.2) is 36.1 Å². The Kier molecular flexibility index (Phi) is 8.80. The number of nitrogens with one attached hydrogen (secondary N) is 2. The van der Waals surface area contributed by atoms with Crippen LogP contribution in [0, 0.1) is 0 Å². The molecule has 29 heavy (non-hydrogen) atoms. The Morgan fingerprint density at radius 2 is 1.79 bits per heavy atom. The molecular weight excluding hydrogens is 376 g/mol. The number of thioether (sulfide) groups is 1. The fourth-order valence-corrected chi connectivity index (χ4v) is 3.98. The molecular formula is C24H34N4S. The molecule has 0 amide bonds. The molecule has 0 radical (unpaired) electrons. The minimum absolute atomic E-state index is 0.608. The van der Waals surface area contributed by atoms with Crippen molar-refractivity contribution < 1.29 is 0 Å². The summed E-state index contributed by atoms with van der Waals surface area (Å²) in [5, 5.41) is 8.98. The van der Waals surface area contributed by atoms with Crippen LogP contribution < -0.4 is 10.6 Å². The Morgan fingerprint density at radius 1 is 1.10 bits per heavy atom. The van der Waals surface area contributed by atoms with E-state index in [0.29, 0.717) is 6.04 Å². The number of anilines is 1. The van der Waals surface area contributed by atoms with Crippen molar-refractivity contribution in [2.24, 2.45) is 0 Å². The van der Waals surface area contributed by atoms with Gasteiger partial charge in [0.15, 0.2) is 0 Å². The topological polar surface area (TPSA) is 40.2 Å². The van der Waals surface area contributed by atoms with Gasteiger partial charge in [-0.3, -0.25) is 0 Å². The molecule has 156 valence electrons. The summed E-state index contributed by atoms with van der Waals surface area (Å²) in [6, 6.07) is 9.00. The molecule has 0 bridgehead atoms. The number of pyridine rings is 1. The summed E-state index contributed by atoms with van der Waals surface area (Å²) in [7, 11) is 2.03. The zero-order valence-corrected chi connectivity index (χ0v) is 19.0. The van der Waals surface area contributed by atoms with Crippen LogP contribution in [0.25, 0.3) is 15.7 Å². The van der Waals surface area contributed by atoms with E-state index in [1.54, 1.807) is 11.8 Å². The summed E-state index contributed by atoms with van der Waals surface area (Å²) in [6.45, 7) is 20.3. The monoisotopic (exact) mass is 410 g/mol. The van der Waals surface area contributed by atoms with Gasteiger partial charge in [-0.1, -0.05) is 57.5 Å². The lowest BCUT2D eigenvalue weighted by Gasteiger charge is -2.34. The first-order chi connectivity index (χ1) is 14.0. The Bertz CT molecular complexity index is 866. The first-order valence-electron chi connectivity index (χ1n) is 10.3. The second-order valence-electron chi connectivity index (χ2n) is 6.98. The van der Waals surface area contributed by atoms with Crippen LogP contribution >= 0.6 is 11.8 Å². The molecule has 1 aromatic carbocycles. The maximum atomic E-state index is 4.54. The SMILES string of the molecule is C=C(C)SC(=C)c1ccc2cnc(NC(=C)N3CCC(NC)CC3)cc2c1.CC. The van der Waals surface area contributed by atoms with Gasteiger partial charge in [0.05, 0.1) is 5.82 Å². The number of allylic oxidation sites excluding steroid dienone is 1. The quantitative estimate of drug-likeness (QED) is 0.580. The molecule has 1 saturated heterocycles. The number of likely N-dealkylation sites (tertiary alicyclic amines) is 1. The highest BCUT2D eigenvalue weighted by Gasteiger charge is 2.18. The molecule has 1 aliphatic heterocycles. The summed E-state index contributed by atoms with van der Waals surface area (Å²) in [6.07, 6.45) is 4.17. The van der Waals surface area contributed by atoms with Crippen LogP contribution in [0.1, 0.15) is 39.2 Å². The summed E-state index contributed by atoms with van der Waals surface area (Å²) in [5.41, 5.74) is 1.11. The number of fused-ring (bicyclic) bond motifs is 1. The number of benzene rings is 1. The normalized spacial score (nSPS) is 14.1. The molecule has 2 aromatic rings. The van der Waals surface area contributed by atoms with E-state index in [-0.39, 0.29) is 0 Å². The molecule has 3 rings (SSSR count). The van der Waals surface area contributed by atoms with Gasteiger partial charge in [0.1, 0.15) is 5.82 Å². The number of hydrogen-bond acceptors (Lipinski definition) is 5. The third kappa shape index (κ3) is 6.38. The molecule has 0 saturated carbocycles. The third-order valence-electron chi connectivity index (χ3n) is 4.90. The van der Waals surface area contributed by atoms with Gasteiger partial charge in [-0.2, -0.15) is 0 Å². The molecule has 1 fully saturated rings. The van der Waals surface area contributed by atoms with E-state index in [2.05, 4.69) is 64.5 Å². The molecule has 0 atom stereocenters. The van der Waals surface area contributed by atoms with Crippen molar-refractivity contribution in [3.63, 3.8) is 0 Å². The number of rotatable bonds is 7. The van der Waals surface area contributed by atoms with E-state index < -0.39 is 0 Å². The van der Waals surface area contributed by atoms with E-state index in [9.17, 15) is 0 Å². The van der Waals surface area contributed by atoms with E-state index in [0.717, 1.165) is 63.7 Å². The van der Waals surface area contributed by atoms with Crippen LogP contribution in [0.2, 0.25) is 0 Å². The van der Waals surface area contributed by atoms with Gasteiger partial charge in [0.2, 0.25) is 0 Å². The summed E-state index contributed by atoms with van der Waals surface area (Å²) < 4.78 is 0. The van der Waals surface area contributed by atoms with Crippen LogP contribution in [0.5, 0.6) is 0 Å². The molecule has 0 aliphatic carbocycles. The molecule has 4 nitrogen and oxygen atoms in total. The number of nitrogens with zero attached hydrogens (tertiary/aromatic N) is 2. The van der Waals surface area contributed by atoms with Crippen molar-refractivity contribution >= 4 is 33.3 Å². The summed E-state index contributed by atoms with van der Waals surface area (Å²) >= 11 is 1.61. The Morgan fingerprint density at radius 3 is 2.41 bits per heavy atom. The second-order valence-corrected chi connectivity index (χ2v) is 8.37. The van der Waals surface area contributed by atoms with Gasteiger partial charge in [0.25, 0.3) is 0 Å². The average molecular weight is 411 g/mol. The Labute approximate surface area is 180 Å². The number of piperidine rings is 1. The van der Waals surface area contributed by atoms with Crippen molar-refractivity contribution in [3.05, 3.63) is 66.5 Å². The summed E-state index contributed by atoms with van der Waals surface area (Å²) in [4.78, 5) is 8.88. The van der Waals surface area contributed by atoms with Crippen LogP contribution in [0.15, 0.2) is 60.9 Å².